The van der Waals surface area contributed by atoms with Crippen LogP contribution in [0.1, 0.15) is 40.0 Å². The maximum atomic E-state index is 12.2. The maximum Gasteiger partial charge on any atom is 0.325 e. The Morgan fingerprint density at radius 3 is 2.57 bits per heavy atom. The summed E-state index contributed by atoms with van der Waals surface area (Å²) in [6.07, 6.45) is 1.16. The van der Waals surface area contributed by atoms with E-state index in [2.05, 4.69) is 16.0 Å². The number of hydrogen-bond acceptors (Lipinski definition) is 5. The highest BCUT2D eigenvalue weighted by Crippen LogP contribution is 2.09. The van der Waals surface area contributed by atoms with Crippen LogP contribution in [-0.4, -0.2) is 48.9 Å². The number of carbonyl (C=O) groups is 4. The molecule has 1 heterocycles. The zero-order valence-corrected chi connectivity index (χ0v) is 13.8. The average molecular weight is 327 g/mol. The van der Waals surface area contributed by atoms with Crippen molar-refractivity contribution in [2.24, 2.45) is 5.92 Å². The monoisotopic (exact) mass is 327 g/mol. The maximum absolute atomic E-state index is 12.2. The number of hydrogen-bond donors (Lipinski definition) is 3. The zero-order chi connectivity index (χ0) is 17.4. The van der Waals surface area contributed by atoms with Crippen LogP contribution in [0.25, 0.3) is 0 Å². The summed E-state index contributed by atoms with van der Waals surface area (Å²) in [7, 11) is 0. The molecular weight excluding hydrogens is 302 g/mol. The molecule has 0 spiro atoms. The molecule has 0 aromatic heterocycles. The van der Waals surface area contributed by atoms with Crippen molar-refractivity contribution < 1.29 is 23.9 Å². The third-order valence-corrected chi connectivity index (χ3v) is 3.36. The minimum absolute atomic E-state index is 0.169. The molecule has 1 aliphatic rings. The molecule has 8 nitrogen and oxygen atoms in total. The highest BCUT2D eigenvalue weighted by molar-refractivity contribution is 5.94. The standard InChI is InChI=1S/C15H25N3O5/c1-4-23-13(20)8-16-14(21)11(7-9(2)3)18-15(22)10-5-6-12(19)17-10/h9-11H,4-8H2,1-3H3,(H,16,21)(H,17,19)(H,18,22)/t10-,11-/m1/s1. The minimum atomic E-state index is -0.755. The first-order chi connectivity index (χ1) is 10.8. The zero-order valence-electron chi connectivity index (χ0n) is 13.8. The number of nitrogens with one attached hydrogen (secondary N) is 3. The Morgan fingerprint density at radius 2 is 2.04 bits per heavy atom. The molecule has 0 aromatic carbocycles. The van der Waals surface area contributed by atoms with Crippen molar-refractivity contribution in [1.29, 1.82) is 0 Å². The van der Waals surface area contributed by atoms with E-state index in [1.807, 2.05) is 13.8 Å². The molecule has 0 unspecified atom stereocenters. The van der Waals surface area contributed by atoms with Gasteiger partial charge in [0.2, 0.25) is 17.7 Å². The predicted octanol–water partition coefficient (Wildman–Crippen LogP) is -0.525. The van der Waals surface area contributed by atoms with Crippen molar-refractivity contribution in [2.45, 2.75) is 52.1 Å². The van der Waals surface area contributed by atoms with Crippen LogP contribution in [-0.2, 0) is 23.9 Å². The van der Waals surface area contributed by atoms with Gasteiger partial charge in [0, 0.05) is 6.42 Å². The van der Waals surface area contributed by atoms with Crippen LogP contribution in [0.15, 0.2) is 0 Å². The molecule has 1 aliphatic heterocycles. The van der Waals surface area contributed by atoms with Crippen LogP contribution in [0.3, 0.4) is 0 Å². The fraction of sp³-hybridized carbons (Fsp3) is 0.733. The summed E-state index contributed by atoms with van der Waals surface area (Å²) in [4.78, 5) is 46.8. The number of rotatable bonds is 8. The topological polar surface area (TPSA) is 114 Å². The third-order valence-electron chi connectivity index (χ3n) is 3.36. The number of esters is 1. The first kappa shape index (κ1) is 18.9. The lowest BCUT2D eigenvalue weighted by atomic mass is 10.0. The molecular formula is C15H25N3O5. The minimum Gasteiger partial charge on any atom is -0.465 e. The molecule has 0 aromatic rings. The highest BCUT2D eigenvalue weighted by Gasteiger charge is 2.30. The molecule has 1 saturated heterocycles. The van der Waals surface area contributed by atoms with Crippen molar-refractivity contribution in [2.75, 3.05) is 13.2 Å². The van der Waals surface area contributed by atoms with Gasteiger partial charge in [-0.15, -0.1) is 0 Å². The lowest BCUT2D eigenvalue weighted by Gasteiger charge is -2.21. The van der Waals surface area contributed by atoms with Gasteiger partial charge in [-0.25, -0.2) is 0 Å². The van der Waals surface area contributed by atoms with Crippen LogP contribution in [0.4, 0.5) is 0 Å². The molecule has 3 N–H and O–H groups in total. The van der Waals surface area contributed by atoms with Crippen molar-refractivity contribution in [3.63, 3.8) is 0 Å². The Kier molecular flexibility index (Phi) is 7.50. The SMILES string of the molecule is CCOC(=O)CNC(=O)[C@@H](CC(C)C)NC(=O)[C@H]1CCC(=O)N1. The lowest BCUT2D eigenvalue weighted by Crippen LogP contribution is -2.52. The van der Waals surface area contributed by atoms with Crippen molar-refractivity contribution in [3.8, 4) is 0 Å². The smallest absolute Gasteiger partial charge is 0.325 e. The summed E-state index contributed by atoms with van der Waals surface area (Å²) >= 11 is 0. The Bertz CT molecular complexity index is 464. The summed E-state index contributed by atoms with van der Waals surface area (Å²) in [6, 6.07) is -1.36. The van der Waals surface area contributed by atoms with Gasteiger partial charge in [0.25, 0.3) is 0 Å². The number of ether oxygens (including phenoxy) is 1. The van der Waals surface area contributed by atoms with E-state index in [-0.39, 0.29) is 30.9 Å². The molecule has 1 rings (SSSR count). The molecule has 130 valence electrons. The van der Waals surface area contributed by atoms with E-state index < -0.39 is 24.0 Å². The molecule has 3 amide bonds. The van der Waals surface area contributed by atoms with Gasteiger partial charge in [-0.3, -0.25) is 19.2 Å². The van der Waals surface area contributed by atoms with Crippen LogP contribution in [0, 0.1) is 5.92 Å². The predicted molar refractivity (Wildman–Crippen MR) is 82.2 cm³/mol. The molecule has 0 saturated carbocycles. The first-order valence-electron chi connectivity index (χ1n) is 7.86. The Balaban J connectivity index is 2.57. The van der Waals surface area contributed by atoms with Gasteiger partial charge in [0.15, 0.2) is 0 Å². The van der Waals surface area contributed by atoms with E-state index in [4.69, 9.17) is 4.74 Å². The molecule has 0 aliphatic carbocycles. The Morgan fingerprint density at radius 1 is 1.35 bits per heavy atom. The summed E-state index contributed by atoms with van der Waals surface area (Å²) in [5.74, 6) is -1.35. The van der Waals surface area contributed by atoms with E-state index in [0.29, 0.717) is 19.3 Å². The molecule has 8 heteroatoms. The Hall–Kier alpha value is -2.12. The van der Waals surface area contributed by atoms with Gasteiger partial charge in [0.05, 0.1) is 6.61 Å². The fourth-order valence-corrected chi connectivity index (χ4v) is 2.28. The van der Waals surface area contributed by atoms with Gasteiger partial charge >= 0.3 is 5.97 Å². The first-order valence-corrected chi connectivity index (χ1v) is 7.86. The van der Waals surface area contributed by atoms with Gasteiger partial charge in [0.1, 0.15) is 18.6 Å². The van der Waals surface area contributed by atoms with Crippen LogP contribution in [0.2, 0.25) is 0 Å². The number of carbonyl (C=O) groups excluding carboxylic acids is 4. The van der Waals surface area contributed by atoms with E-state index in [9.17, 15) is 19.2 Å². The molecule has 0 bridgehead atoms. The Labute approximate surface area is 135 Å². The second-order valence-corrected chi connectivity index (χ2v) is 5.87. The fourth-order valence-electron chi connectivity index (χ4n) is 2.28. The molecule has 23 heavy (non-hydrogen) atoms. The summed E-state index contributed by atoms with van der Waals surface area (Å²) in [6.45, 7) is 5.53. The van der Waals surface area contributed by atoms with E-state index in [1.54, 1.807) is 6.92 Å². The second-order valence-electron chi connectivity index (χ2n) is 5.87. The van der Waals surface area contributed by atoms with Crippen LogP contribution >= 0.6 is 0 Å². The molecule has 2 atom stereocenters. The largest absolute Gasteiger partial charge is 0.465 e. The highest BCUT2D eigenvalue weighted by atomic mass is 16.5. The van der Waals surface area contributed by atoms with Gasteiger partial charge in [-0.1, -0.05) is 13.8 Å². The lowest BCUT2D eigenvalue weighted by molar-refractivity contribution is -0.143. The second kappa shape index (κ2) is 9.12. The van der Waals surface area contributed by atoms with Gasteiger partial charge in [-0.05, 0) is 25.7 Å². The van der Waals surface area contributed by atoms with Gasteiger partial charge < -0.3 is 20.7 Å². The van der Waals surface area contributed by atoms with E-state index in [0.717, 1.165) is 0 Å². The molecule has 1 fully saturated rings. The van der Waals surface area contributed by atoms with E-state index >= 15 is 0 Å². The van der Waals surface area contributed by atoms with E-state index in [1.165, 1.54) is 0 Å². The van der Waals surface area contributed by atoms with Crippen LogP contribution < -0.4 is 16.0 Å². The summed E-state index contributed by atoms with van der Waals surface area (Å²) in [5, 5.41) is 7.67. The quantitative estimate of drug-likeness (QED) is 0.519. The normalized spacial score (nSPS) is 18.3. The summed E-state index contributed by atoms with van der Waals surface area (Å²) in [5.41, 5.74) is 0. The molecule has 0 radical (unpaired) electrons. The third kappa shape index (κ3) is 6.66. The van der Waals surface area contributed by atoms with Gasteiger partial charge in [-0.2, -0.15) is 0 Å². The van der Waals surface area contributed by atoms with Crippen molar-refractivity contribution in [3.05, 3.63) is 0 Å². The van der Waals surface area contributed by atoms with Crippen molar-refractivity contribution >= 4 is 23.7 Å². The summed E-state index contributed by atoms with van der Waals surface area (Å²) < 4.78 is 4.74. The van der Waals surface area contributed by atoms with Crippen molar-refractivity contribution in [1.82, 2.24) is 16.0 Å². The average Bonchev–Trinajstić information content (AvgIpc) is 2.90. The number of amides is 3. The van der Waals surface area contributed by atoms with Crippen LogP contribution in [0.5, 0.6) is 0 Å².